The van der Waals surface area contributed by atoms with Gasteiger partial charge >= 0.3 is 0 Å². The number of nitrogens with zero attached hydrogens (tertiary/aromatic N) is 4. The van der Waals surface area contributed by atoms with Gasteiger partial charge in [0.15, 0.2) is 0 Å². The lowest BCUT2D eigenvalue weighted by molar-refractivity contribution is 0.0738. The standard InChI is InChI=1S/C25H28N6O2/c1-4-30-24(32)20-15-28-23(29-18-6-5-17-14-26-9-7-16(17)11-18)13-21(20)31(30)19-8-10-27-22(12-19)25(2,3)33/h5-6,8,10-13,15,26,33H,4,7,9,14H2,1-3H3,(H,28,29). The maximum Gasteiger partial charge on any atom is 0.276 e. The second kappa shape index (κ2) is 8.13. The molecular formula is C25H28N6O2. The molecule has 0 fully saturated rings. The Morgan fingerprint density at radius 2 is 2.00 bits per heavy atom. The van der Waals surface area contributed by atoms with Crippen LogP contribution in [0.2, 0.25) is 0 Å². The van der Waals surface area contributed by atoms with Crippen molar-refractivity contribution in [1.29, 1.82) is 0 Å². The summed E-state index contributed by atoms with van der Waals surface area (Å²) in [6.45, 7) is 7.70. The molecule has 0 bridgehead atoms. The van der Waals surface area contributed by atoms with Gasteiger partial charge in [-0.15, -0.1) is 0 Å². The van der Waals surface area contributed by atoms with Crippen molar-refractivity contribution in [1.82, 2.24) is 24.6 Å². The third kappa shape index (κ3) is 3.92. The maximum absolute atomic E-state index is 13.1. The zero-order chi connectivity index (χ0) is 23.2. The molecule has 8 heteroatoms. The highest BCUT2D eigenvalue weighted by Gasteiger charge is 2.21. The highest BCUT2D eigenvalue weighted by atomic mass is 16.3. The van der Waals surface area contributed by atoms with Gasteiger partial charge < -0.3 is 15.7 Å². The monoisotopic (exact) mass is 444 g/mol. The van der Waals surface area contributed by atoms with Crippen LogP contribution in [0.15, 0.2) is 53.6 Å². The minimum absolute atomic E-state index is 0.102. The van der Waals surface area contributed by atoms with Gasteiger partial charge in [-0.05, 0) is 69.1 Å². The predicted octanol–water partition coefficient (Wildman–Crippen LogP) is 3.22. The molecule has 1 aliphatic rings. The molecule has 33 heavy (non-hydrogen) atoms. The summed E-state index contributed by atoms with van der Waals surface area (Å²) in [5.74, 6) is 0.662. The SMILES string of the molecule is CCn1c(=O)c2cnc(Nc3ccc4c(c3)CCNC4)cc2n1-c1ccnc(C(C)(C)O)c1. The molecule has 1 aliphatic heterocycles. The first kappa shape index (κ1) is 21.4. The van der Waals surface area contributed by atoms with Crippen LogP contribution in [0.5, 0.6) is 0 Å². The minimum Gasteiger partial charge on any atom is -0.384 e. The van der Waals surface area contributed by atoms with Crippen molar-refractivity contribution in [2.75, 3.05) is 11.9 Å². The molecule has 0 saturated heterocycles. The topological polar surface area (TPSA) is 97.0 Å². The van der Waals surface area contributed by atoms with E-state index in [0.717, 1.165) is 36.4 Å². The highest BCUT2D eigenvalue weighted by Crippen LogP contribution is 2.26. The number of pyridine rings is 2. The molecule has 0 radical (unpaired) electrons. The van der Waals surface area contributed by atoms with E-state index in [1.165, 1.54) is 11.1 Å². The highest BCUT2D eigenvalue weighted by molar-refractivity contribution is 5.82. The Bertz CT molecular complexity index is 1400. The van der Waals surface area contributed by atoms with Crippen LogP contribution >= 0.6 is 0 Å². The molecular weight excluding hydrogens is 416 g/mol. The van der Waals surface area contributed by atoms with Crippen molar-refractivity contribution in [2.24, 2.45) is 0 Å². The summed E-state index contributed by atoms with van der Waals surface area (Å²) in [4.78, 5) is 21.9. The number of rotatable bonds is 5. The third-order valence-electron chi connectivity index (χ3n) is 6.10. The van der Waals surface area contributed by atoms with Gasteiger partial charge in [0.25, 0.3) is 5.56 Å². The summed E-state index contributed by atoms with van der Waals surface area (Å²) in [6, 6.07) is 11.9. The fourth-order valence-electron chi connectivity index (χ4n) is 4.37. The summed E-state index contributed by atoms with van der Waals surface area (Å²) in [6.07, 6.45) is 4.28. The van der Waals surface area contributed by atoms with Crippen LogP contribution in [0.1, 0.15) is 37.6 Å². The normalized spacial score (nSPS) is 13.8. The van der Waals surface area contributed by atoms with Gasteiger partial charge in [-0.3, -0.25) is 9.78 Å². The van der Waals surface area contributed by atoms with E-state index < -0.39 is 5.60 Å². The van der Waals surface area contributed by atoms with E-state index in [2.05, 4.69) is 38.8 Å². The van der Waals surface area contributed by atoms with Crippen LogP contribution in [-0.4, -0.2) is 31.0 Å². The van der Waals surface area contributed by atoms with Crippen molar-refractivity contribution in [3.63, 3.8) is 0 Å². The first-order valence-corrected chi connectivity index (χ1v) is 11.3. The Hall–Kier alpha value is -3.49. The molecule has 1 aromatic carbocycles. The zero-order valence-corrected chi connectivity index (χ0v) is 19.1. The van der Waals surface area contributed by atoms with Gasteiger partial charge in [-0.1, -0.05) is 6.07 Å². The van der Waals surface area contributed by atoms with Crippen molar-refractivity contribution >= 4 is 22.4 Å². The molecule has 0 aliphatic carbocycles. The number of aliphatic hydroxyl groups is 1. The van der Waals surface area contributed by atoms with Crippen molar-refractivity contribution in [3.05, 3.63) is 76.0 Å². The van der Waals surface area contributed by atoms with Crippen LogP contribution in [0.4, 0.5) is 11.5 Å². The lowest BCUT2D eigenvalue weighted by atomic mass is 10.0. The number of hydrogen-bond donors (Lipinski definition) is 3. The van der Waals surface area contributed by atoms with Crippen molar-refractivity contribution in [3.8, 4) is 5.69 Å². The molecule has 170 valence electrons. The molecule has 0 spiro atoms. The van der Waals surface area contributed by atoms with Crippen molar-refractivity contribution in [2.45, 2.75) is 45.9 Å². The maximum atomic E-state index is 13.1. The quantitative estimate of drug-likeness (QED) is 0.437. The van der Waals surface area contributed by atoms with Crippen LogP contribution in [0, 0.1) is 0 Å². The van der Waals surface area contributed by atoms with E-state index in [4.69, 9.17) is 0 Å². The van der Waals surface area contributed by atoms with E-state index in [1.807, 2.05) is 29.8 Å². The van der Waals surface area contributed by atoms with Crippen LogP contribution in [0.25, 0.3) is 16.6 Å². The van der Waals surface area contributed by atoms with E-state index >= 15 is 0 Å². The number of fused-ring (bicyclic) bond motifs is 2. The minimum atomic E-state index is -1.09. The Morgan fingerprint density at radius 3 is 2.79 bits per heavy atom. The number of benzene rings is 1. The van der Waals surface area contributed by atoms with Gasteiger partial charge in [-0.25, -0.2) is 14.3 Å². The molecule has 5 rings (SSSR count). The fraction of sp³-hybridized carbons (Fsp3) is 0.320. The predicted molar refractivity (Wildman–Crippen MR) is 129 cm³/mol. The lowest BCUT2D eigenvalue weighted by Gasteiger charge is -2.19. The number of nitrogens with one attached hydrogen (secondary N) is 2. The summed E-state index contributed by atoms with van der Waals surface area (Å²) in [5.41, 5.74) is 4.48. The summed E-state index contributed by atoms with van der Waals surface area (Å²) < 4.78 is 3.55. The van der Waals surface area contributed by atoms with Gasteiger partial charge in [-0.2, -0.15) is 0 Å². The summed E-state index contributed by atoms with van der Waals surface area (Å²) in [5, 5.41) is 17.8. The molecule has 4 aromatic rings. The Kier molecular flexibility index (Phi) is 5.26. The smallest absolute Gasteiger partial charge is 0.276 e. The van der Waals surface area contributed by atoms with E-state index in [0.29, 0.717) is 23.4 Å². The Morgan fingerprint density at radius 1 is 1.15 bits per heavy atom. The molecule has 0 amide bonds. The Labute approximate surface area is 191 Å². The van der Waals surface area contributed by atoms with E-state index in [9.17, 15) is 9.90 Å². The number of hydrogen-bond acceptors (Lipinski definition) is 6. The molecule has 3 aromatic heterocycles. The van der Waals surface area contributed by atoms with Crippen LogP contribution < -0.4 is 16.2 Å². The number of aromatic nitrogens is 4. The second-order valence-corrected chi connectivity index (χ2v) is 8.91. The molecule has 0 unspecified atom stereocenters. The van der Waals surface area contributed by atoms with Crippen molar-refractivity contribution < 1.29 is 5.11 Å². The third-order valence-corrected chi connectivity index (χ3v) is 6.10. The van der Waals surface area contributed by atoms with Gasteiger partial charge in [0.05, 0.1) is 22.3 Å². The average Bonchev–Trinajstić information content (AvgIpc) is 3.09. The van der Waals surface area contributed by atoms with Gasteiger partial charge in [0, 0.05) is 37.2 Å². The van der Waals surface area contributed by atoms with Gasteiger partial charge in [0.1, 0.15) is 11.4 Å². The molecule has 4 heterocycles. The lowest BCUT2D eigenvalue weighted by Crippen LogP contribution is -2.23. The second-order valence-electron chi connectivity index (χ2n) is 8.91. The van der Waals surface area contributed by atoms with E-state index in [1.54, 1.807) is 30.9 Å². The van der Waals surface area contributed by atoms with E-state index in [-0.39, 0.29) is 5.56 Å². The first-order valence-electron chi connectivity index (χ1n) is 11.3. The van der Waals surface area contributed by atoms with Gasteiger partial charge in [0.2, 0.25) is 0 Å². The molecule has 3 N–H and O–H groups in total. The summed E-state index contributed by atoms with van der Waals surface area (Å²) >= 11 is 0. The number of anilines is 2. The molecule has 0 saturated carbocycles. The zero-order valence-electron chi connectivity index (χ0n) is 19.1. The largest absolute Gasteiger partial charge is 0.384 e. The molecule has 8 nitrogen and oxygen atoms in total. The van der Waals surface area contributed by atoms with Crippen LogP contribution in [-0.2, 0) is 25.1 Å². The molecule has 0 atom stereocenters. The van der Waals surface area contributed by atoms with Crippen LogP contribution in [0.3, 0.4) is 0 Å². The first-order chi connectivity index (χ1) is 15.8. The fourth-order valence-corrected chi connectivity index (χ4v) is 4.37. The average molecular weight is 445 g/mol. The summed E-state index contributed by atoms with van der Waals surface area (Å²) in [7, 11) is 0. The Balaban J connectivity index is 1.60.